The zero-order valence-electron chi connectivity index (χ0n) is 17.4. The third-order valence-corrected chi connectivity index (χ3v) is 6.06. The van der Waals surface area contributed by atoms with E-state index in [0.717, 1.165) is 22.8 Å². The lowest BCUT2D eigenvalue weighted by molar-refractivity contribution is 0.0600. The van der Waals surface area contributed by atoms with E-state index < -0.39 is 0 Å². The Hall–Kier alpha value is -3.19. The van der Waals surface area contributed by atoms with Crippen molar-refractivity contribution in [3.8, 4) is 5.69 Å². The standard InChI is InChI=1S/C23H24N4O2S/c1-14-12-18(15(2)27(14)17-9-7-8-16(13-17)22(28)29-4)21-20(25-23(30)26(21)3)19-10-5-6-11-24-19/h5-13,20-21H,1-4H3,(H,25,30)/t20-,21+/m1/s1. The van der Waals surface area contributed by atoms with Crippen molar-refractivity contribution in [3.05, 3.63) is 82.9 Å². The van der Waals surface area contributed by atoms with Gasteiger partial charge in [0.2, 0.25) is 0 Å². The van der Waals surface area contributed by atoms with Crippen LogP contribution in [0.4, 0.5) is 0 Å². The van der Waals surface area contributed by atoms with Gasteiger partial charge in [-0.1, -0.05) is 12.1 Å². The van der Waals surface area contributed by atoms with Gasteiger partial charge in [-0.3, -0.25) is 4.98 Å². The van der Waals surface area contributed by atoms with E-state index in [4.69, 9.17) is 17.0 Å². The van der Waals surface area contributed by atoms with Crippen molar-refractivity contribution in [3.63, 3.8) is 0 Å². The summed E-state index contributed by atoms with van der Waals surface area (Å²) >= 11 is 5.56. The number of aromatic nitrogens is 2. The molecule has 0 unspecified atom stereocenters. The number of hydrogen-bond donors (Lipinski definition) is 1. The zero-order chi connectivity index (χ0) is 21.4. The molecule has 154 valence electrons. The first-order valence-corrected chi connectivity index (χ1v) is 10.1. The zero-order valence-corrected chi connectivity index (χ0v) is 18.2. The largest absolute Gasteiger partial charge is 0.465 e. The number of nitrogens with zero attached hydrogens (tertiary/aromatic N) is 3. The summed E-state index contributed by atoms with van der Waals surface area (Å²) in [5, 5.41) is 4.12. The quantitative estimate of drug-likeness (QED) is 0.511. The Kier molecular flexibility index (Phi) is 5.30. The highest BCUT2D eigenvalue weighted by Crippen LogP contribution is 2.40. The van der Waals surface area contributed by atoms with Crippen LogP contribution in [0.1, 0.15) is 45.1 Å². The molecule has 1 aliphatic heterocycles. The van der Waals surface area contributed by atoms with E-state index in [0.29, 0.717) is 10.7 Å². The Morgan fingerprint density at radius 1 is 1.17 bits per heavy atom. The maximum absolute atomic E-state index is 12.0. The first kappa shape index (κ1) is 20.1. The van der Waals surface area contributed by atoms with Crippen LogP contribution >= 0.6 is 12.2 Å². The van der Waals surface area contributed by atoms with Gasteiger partial charge in [0.25, 0.3) is 0 Å². The van der Waals surface area contributed by atoms with Gasteiger partial charge in [-0.25, -0.2) is 4.79 Å². The summed E-state index contributed by atoms with van der Waals surface area (Å²) in [5.41, 5.74) is 5.74. The van der Waals surface area contributed by atoms with Crippen molar-refractivity contribution in [2.75, 3.05) is 14.2 Å². The molecule has 0 bridgehead atoms. The van der Waals surface area contributed by atoms with Gasteiger partial charge < -0.3 is 19.5 Å². The molecule has 3 heterocycles. The van der Waals surface area contributed by atoms with E-state index in [-0.39, 0.29) is 18.1 Å². The summed E-state index contributed by atoms with van der Waals surface area (Å²) < 4.78 is 7.04. The molecule has 0 saturated carbocycles. The minimum atomic E-state index is -0.347. The third kappa shape index (κ3) is 3.35. The molecule has 0 spiro atoms. The number of carbonyl (C=O) groups excluding carboxylic acids is 1. The van der Waals surface area contributed by atoms with Gasteiger partial charge in [0.15, 0.2) is 5.11 Å². The SMILES string of the molecule is COC(=O)c1cccc(-n2c(C)cc([C@H]3[C@@H](c4ccccn4)NC(=S)N3C)c2C)c1. The fourth-order valence-corrected chi connectivity index (χ4v) is 4.46. The molecule has 1 aliphatic rings. The molecule has 3 aromatic rings. The number of likely N-dealkylation sites (N-methyl/N-ethyl adjacent to an activating group) is 1. The van der Waals surface area contributed by atoms with Crippen LogP contribution in [0.3, 0.4) is 0 Å². The average molecular weight is 421 g/mol. The average Bonchev–Trinajstić information content (AvgIpc) is 3.22. The van der Waals surface area contributed by atoms with E-state index in [2.05, 4.69) is 39.7 Å². The number of esters is 1. The number of nitrogens with one attached hydrogen (secondary N) is 1. The number of aryl methyl sites for hydroxylation is 1. The fourth-order valence-electron chi connectivity index (χ4n) is 4.22. The second-order valence-electron chi connectivity index (χ2n) is 7.44. The summed E-state index contributed by atoms with van der Waals surface area (Å²) in [7, 11) is 3.40. The van der Waals surface area contributed by atoms with Gasteiger partial charge in [-0.05, 0) is 68.0 Å². The van der Waals surface area contributed by atoms with Crippen molar-refractivity contribution in [1.82, 2.24) is 19.8 Å². The van der Waals surface area contributed by atoms with Crippen LogP contribution in [0.25, 0.3) is 5.69 Å². The number of ether oxygens (including phenoxy) is 1. The van der Waals surface area contributed by atoms with Gasteiger partial charge in [-0.2, -0.15) is 0 Å². The Balaban J connectivity index is 1.80. The molecule has 1 fully saturated rings. The van der Waals surface area contributed by atoms with E-state index in [1.165, 1.54) is 12.7 Å². The highest BCUT2D eigenvalue weighted by Gasteiger charge is 2.39. The Morgan fingerprint density at radius 2 is 1.97 bits per heavy atom. The van der Waals surface area contributed by atoms with Crippen LogP contribution in [0.5, 0.6) is 0 Å². The molecule has 4 rings (SSSR count). The van der Waals surface area contributed by atoms with Crippen molar-refractivity contribution >= 4 is 23.3 Å². The molecule has 1 N–H and O–H groups in total. The first-order chi connectivity index (χ1) is 14.4. The predicted molar refractivity (Wildman–Crippen MR) is 120 cm³/mol. The number of pyridine rings is 1. The third-order valence-electron chi connectivity index (χ3n) is 5.65. The van der Waals surface area contributed by atoms with Gasteiger partial charge in [0.1, 0.15) is 0 Å². The van der Waals surface area contributed by atoms with Crippen LogP contribution in [-0.2, 0) is 4.74 Å². The lowest BCUT2D eigenvalue weighted by Crippen LogP contribution is -2.25. The van der Waals surface area contributed by atoms with E-state index in [9.17, 15) is 4.79 Å². The minimum Gasteiger partial charge on any atom is -0.465 e. The number of benzene rings is 1. The van der Waals surface area contributed by atoms with Gasteiger partial charge >= 0.3 is 5.97 Å². The summed E-state index contributed by atoms with van der Waals surface area (Å²) in [6.07, 6.45) is 1.80. The van der Waals surface area contributed by atoms with Gasteiger partial charge in [-0.15, -0.1) is 0 Å². The number of thiocarbonyl (C=S) groups is 1. The normalized spacial score (nSPS) is 18.4. The monoisotopic (exact) mass is 420 g/mol. The van der Waals surface area contributed by atoms with Crippen molar-refractivity contribution in [1.29, 1.82) is 0 Å². The lowest BCUT2D eigenvalue weighted by atomic mass is 9.97. The minimum absolute atomic E-state index is 0.0103. The Morgan fingerprint density at radius 3 is 2.67 bits per heavy atom. The summed E-state index contributed by atoms with van der Waals surface area (Å²) in [5.74, 6) is -0.347. The highest BCUT2D eigenvalue weighted by atomic mass is 32.1. The van der Waals surface area contributed by atoms with Crippen LogP contribution < -0.4 is 5.32 Å². The maximum atomic E-state index is 12.0. The van der Waals surface area contributed by atoms with E-state index >= 15 is 0 Å². The van der Waals surface area contributed by atoms with Crippen LogP contribution in [0.2, 0.25) is 0 Å². The molecule has 6 nitrogen and oxygen atoms in total. The molecule has 0 aliphatic carbocycles. The lowest BCUT2D eigenvalue weighted by Gasteiger charge is -2.24. The molecule has 1 saturated heterocycles. The topological polar surface area (TPSA) is 59.4 Å². The summed E-state index contributed by atoms with van der Waals surface area (Å²) in [6, 6.07) is 15.6. The van der Waals surface area contributed by atoms with E-state index in [1.54, 1.807) is 12.3 Å². The number of carbonyl (C=O) groups is 1. The van der Waals surface area contributed by atoms with Crippen molar-refractivity contribution < 1.29 is 9.53 Å². The molecule has 0 radical (unpaired) electrons. The molecule has 30 heavy (non-hydrogen) atoms. The summed E-state index contributed by atoms with van der Waals surface area (Å²) in [4.78, 5) is 18.6. The van der Waals surface area contributed by atoms with Crippen molar-refractivity contribution in [2.24, 2.45) is 0 Å². The molecular weight excluding hydrogens is 396 g/mol. The predicted octanol–water partition coefficient (Wildman–Crippen LogP) is 3.88. The smallest absolute Gasteiger partial charge is 0.337 e. The number of rotatable bonds is 4. The fraction of sp³-hybridized carbons (Fsp3) is 0.261. The number of methoxy groups -OCH3 is 1. The Bertz CT molecular complexity index is 1110. The van der Waals surface area contributed by atoms with Crippen LogP contribution in [0.15, 0.2) is 54.7 Å². The van der Waals surface area contributed by atoms with Crippen LogP contribution in [-0.4, -0.2) is 39.7 Å². The highest BCUT2D eigenvalue weighted by molar-refractivity contribution is 7.80. The van der Waals surface area contributed by atoms with Gasteiger partial charge in [0.05, 0.1) is 30.5 Å². The first-order valence-electron chi connectivity index (χ1n) is 9.74. The van der Waals surface area contributed by atoms with Gasteiger partial charge in [0, 0.05) is 30.3 Å². The molecule has 1 aromatic carbocycles. The summed E-state index contributed by atoms with van der Waals surface area (Å²) in [6.45, 7) is 4.16. The second kappa shape index (κ2) is 7.91. The van der Waals surface area contributed by atoms with Crippen LogP contribution in [0, 0.1) is 13.8 Å². The van der Waals surface area contributed by atoms with Crippen molar-refractivity contribution in [2.45, 2.75) is 25.9 Å². The van der Waals surface area contributed by atoms with E-state index in [1.807, 2.05) is 43.4 Å². The molecular formula is C23H24N4O2S. The number of hydrogen-bond acceptors (Lipinski definition) is 4. The molecule has 7 heteroatoms. The Labute approximate surface area is 181 Å². The molecule has 0 amide bonds. The second-order valence-corrected chi connectivity index (χ2v) is 7.83. The molecule has 2 atom stereocenters. The maximum Gasteiger partial charge on any atom is 0.337 e. The molecule has 2 aromatic heterocycles.